The number of hydrogen-bond acceptors (Lipinski definition) is 3. The van der Waals surface area contributed by atoms with E-state index in [1.165, 1.54) is 12.3 Å². The van der Waals surface area contributed by atoms with Gasteiger partial charge in [-0.1, -0.05) is 13.3 Å². The van der Waals surface area contributed by atoms with Gasteiger partial charge in [0.1, 0.15) is 5.69 Å². The van der Waals surface area contributed by atoms with Gasteiger partial charge in [-0.2, -0.15) is 0 Å². The molecule has 1 aromatic rings. The van der Waals surface area contributed by atoms with Gasteiger partial charge in [-0.15, -0.1) is 0 Å². The molecular formula is C10H14N2O2. The fraction of sp³-hybridized carbons (Fsp3) is 0.400. The van der Waals surface area contributed by atoms with Crippen LogP contribution in [-0.2, 0) is 0 Å². The maximum absolute atomic E-state index is 10.6. The Morgan fingerprint density at radius 1 is 1.71 bits per heavy atom. The summed E-state index contributed by atoms with van der Waals surface area (Å²) in [5, 5.41) is 8.72. The van der Waals surface area contributed by atoms with Crippen molar-refractivity contribution in [1.29, 1.82) is 0 Å². The zero-order valence-electron chi connectivity index (χ0n) is 8.10. The van der Waals surface area contributed by atoms with Crippen LogP contribution in [0.4, 0.5) is 0 Å². The molecule has 0 bridgehead atoms. The SMILES string of the molecule is CCC[C@@H](N)c1ccnc(C(=O)O)c1. The first-order valence-corrected chi connectivity index (χ1v) is 4.60. The number of aromatic nitrogens is 1. The highest BCUT2D eigenvalue weighted by Gasteiger charge is 2.09. The Labute approximate surface area is 82.8 Å². The van der Waals surface area contributed by atoms with Crippen LogP contribution in [0, 0.1) is 0 Å². The van der Waals surface area contributed by atoms with Crippen LogP contribution in [0.15, 0.2) is 18.3 Å². The average molecular weight is 194 g/mol. The van der Waals surface area contributed by atoms with E-state index >= 15 is 0 Å². The third-order valence-electron chi connectivity index (χ3n) is 2.03. The topological polar surface area (TPSA) is 76.2 Å². The van der Waals surface area contributed by atoms with Gasteiger partial charge in [-0.05, 0) is 24.1 Å². The largest absolute Gasteiger partial charge is 0.477 e. The minimum absolute atomic E-state index is 0.0500. The molecule has 0 aromatic carbocycles. The lowest BCUT2D eigenvalue weighted by Gasteiger charge is -2.10. The van der Waals surface area contributed by atoms with Gasteiger partial charge < -0.3 is 10.8 Å². The normalized spacial score (nSPS) is 12.4. The zero-order valence-corrected chi connectivity index (χ0v) is 8.10. The summed E-state index contributed by atoms with van der Waals surface area (Å²) in [7, 11) is 0. The molecule has 3 N–H and O–H groups in total. The molecule has 0 saturated carbocycles. The van der Waals surface area contributed by atoms with Crippen molar-refractivity contribution < 1.29 is 9.90 Å². The fourth-order valence-electron chi connectivity index (χ4n) is 1.27. The Hall–Kier alpha value is -1.42. The van der Waals surface area contributed by atoms with Crippen LogP contribution in [-0.4, -0.2) is 16.1 Å². The van der Waals surface area contributed by atoms with E-state index in [0.717, 1.165) is 18.4 Å². The Morgan fingerprint density at radius 2 is 2.43 bits per heavy atom. The smallest absolute Gasteiger partial charge is 0.354 e. The molecule has 0 amide bonds. The second-order valence-electron chi connectivity index (χ2n) is 3.17. The summed E-state index contributed by atoms with van der Waals surface area (Å²) in [6.45, 7) is 2.04. The number of carboxylic acid groups (broad SMARTS) is 1. The number of nitrogens with two attached hydrogens (primary N) is 1. The molecule has 0 spiro atoms. The first-order chi connectivity index (χ1) is 6.65. The number of carbonyl (C=O) groups is 1. The van der Waals surface area contributed by atoms with Gasteiger partial charge in [0.05, 0.1) is 0 Å². The van der Waals surface area contributed by atoms with Crippen LogP contribution in [0.3, 0.4) is 0 Å². The quantitative estimate of drug-likeness (QED) is 0.762. The average Bonchev–Trinajstić information content (AvgIpc) is 2.18. The number of carboxylic acids is 1. The van der Waals surface area contributed by atoms with E-state index in [1.807, 2.05) is 6.92 Å². The van der Waals surface area contributed by atoms with Crippen LogP contribution in [0.25, 0.3) is 0 Å². The van der Waals surface area contributed by atoms with Crippen molar-refractivity contribution in [3.8, 4) is 0 Å². The van der Waals surface area contributed by atoms with Gasteiger partial charge in [0.15, 0.2) is 0 Å². The molecular weight excluding hydrogens is 180 g/mol. The van der Waals surface area contributed by atoms with E-state index in [0.29, 0.717) is 0 Å². The summed E-state index contributed by atoms with van der Waals surface area (Å²) >= 11 is 0. The van der Waals surface area contributed by atoms with E-state index in [9.17, 15) is 4.79 Å². The molecule has 4 nitrogen and oxygen atoms in total. The number of aromatic carboxylic acids is 1. The van der Waals surface area contributed by atoms with Gasteiger partial charge >= 0.3 is 5.97 Å². The highest BCUT2D eigenvalue weighted by atomic mass is 16.4. The van der Waals surface area contributed by atoms with Crippen LogP contribution in [0.2, 0.25) is 0 Å². The van der Waals surface area contributed by atoms with Gasteiger partial charge in [0.25, 0.3) is 0 Å². The third kappa shape index (κ3) is 2.53. The number of nitrogens with zero attached hydrogens (tertiary/aromatic N) is 1. The monoisotopic (exact) mass is 194 g/mol. The molecule has 14 heavy (non-hydrogen) atoms. The summed E-state index contributed by atoms with van der Waals surface area (Å²) < 4.78 is 0. The zero-order chi connectivity index (χ0) is 10.6. The lowest BCUT2D eigenvalue weighted by atomic mass is 10.0. The molecule has 1 aromatic heterocycles. The van der Waals surface area contributed by atoms with E-state index in [4.69, 9.17) is 10.8 Å². The van der Waals surface area contributed by atoms with Crippen molar-refractivity contribution in [2.45, 2.75) is 25.8 Å². The summed E-state index contributed by atoms with van der Waals surface area (Å²) in [4.78, 5) is 14.4. The standard InChI is InChI=1S/C10H14N2O2/c1-2-3-8(11)7-4-5-12-9(6-7)10(13)14/h4-6,8H,2-3,11H2,1H3,(H,13,14)/t8-/m1/s1. The molecule has 0 saturated heterocycles. The molecule has 1 heterocycles. The van der Waals surface area contributed by atoms with E-state index in [2.05, 4.69) is 4.98 Å². The maximum Gasteiger partial charge on any atom is 0.354 e. The Bertz CT molecular complexity index is 326. The van der Waals surface area contributed by atoms with E-state index < -0.39 is 5.97 Å². The van der Waals surface area contributed by atoms with Crippen molar-refractivity contribution in [2.75, 3.05) is 0 Å². The van der Waals surface area contributed by atoms with Gasteiger partial charge in [0, 0.05) is 12.2 Å². The van der Waals surface area contributed by atoms with E-state index in [1.54, 1.807) is 6.07 Å². The molecule has 1 rings (SSSR count). The molecule has 0 fully saturated rings. The minimum Gasteiger partial charge on any atom is -0.477 e. The van der Waals surface area contributed by atoms with Crippen LogP contribution in [0.5, 0.6) is 0 Å². The Kier molecular flexibility index (Phi) is 3.59. The minimum atomic E-state index is -1.02. The predicted molar refractivity (Wildman–Crippen MR) is 53.0 cm³/mol. The van der Waals surface area contributed by atoms with Gasteiger partial charge in [-0.25, -0.2) is 9.78 Å². The van der Waals surface area contributed by atoms with Crippen molar-refractivity contribution in [3.05, 3.63) is 29.6 Å². The molecule has 0 radical (unpaired) electrons. The molecule has 4 heteroatoms. The molecule has 76 valence electrons. The lowest BCUT2D eigenvalue weighted by Crippen LogP contribution is -2.11. The fourth-order valence-corrected chi connectivity index (χ4v) is 1.27. The van der Waals surface area contributed by atoms with Crippen molar-refractivity contribution in [3.63, 3.8) is 0 Å². The Morgan fingerprint density at radius 3 is 3.00 bits per heavy atom. The number of hydrogen-bond donors (Lipinski definition) is 2. The first kappa shape index (κ1) is 10.7. The van der Waals surface area contributed by atoms with Gasteiger partial charge in [-0.3, -0.25) is 0 Å². The second-order valence-corrected chi connectivity index (χ2v) is 3.17. The van der Waals surface area contributed by atoms with Crippen LogP contribution in [0.1, 0.15) is 41.9 Å². The van der Waals surface area contributed by atoms with Crippen molar-refractivity contribution in [2.24, 2.45) is 5.73 Å². The van der Waals surface area contributed by atoms with Crippen LogP contribution >= 0.6 is 0 Å². The summed E-state index contributed by atoms with van der Waals surface area (Å²) in [5.74, 6) is -1.02. The second kappa shape index (κ2) is 4.72. The Balaban J connectivity index is 2.87. The highest BCUT2D eigenvalue weighted by molar-refractivity contribution is 5.85. The van der Waals surface area contributed by atoms with Gasteiger partial charge in [0.2, 0.25) is 0 Å². The summed E-state index contributed by atoms with van der Waals surface area (Å²) in [6, 6.07) is 3.19. The van der Waals surface area contributed by atoms with Crippen molar-refractivity contribution in [1.82, 2.24) is 4.98 Å². The number of rotatable bonds is 4. The summed E-state index contributed by atoms with van der Waals surface area (Å²) in [5.41, 5.74) is 6.74. The van der Waals surface area contributed by atoms with Crippen molar-refractivity contribution >= 4 is 5.97 Å². The number of pyridine rings is 1. The molecule has 0 aliphatic heterocycles. The highest BCUT2D eigenvalue weighted by Crippen LogP contribution is 2.15. The maximum atomic E-state index is 10.6. The molecule has 0 aliphatic carbocycles. The lowest BCUT2D eigenvalue weighted by molar-refractivity contribution is 0.0690. The third-order valence-corrected chi connectivity index (χ3v) is 2.03. The summed E-state index contributed by atoms with van der Waals surface area (Å²) in [6.07, 6.45) is 3.31. The first-order valence-electron chi connectivity index (χ1n) is 4.60. The van der Waals surface area contributed by atoms with E-state index in [-0.39, 0.29) is 11.7 Å². The molecule has 1 atom stereocenters. The predicted octanol–water partition coefficient (Wildman–Crippen LogP) is 1.58. The van der Waals surface area contributed by atoms with Crippen LogP contribution < -0.4 is 5.73 Å². The molecule has 0 aliphatic rings. The molecule has 0 unspecified atom stereocenters.